The fraction of sp³-hybridized carbons (Fsp3) is 0.600. The predicted octanol–water partition coefficient (Wildman–Crippen LogP) is 2.23. The number of alkyl halides is 4. The summed E-state index contributed by atoms with van der Waals surface area (Å²) in [6.45, 7) is -1.70. The second-order valence-corrected chi connectivity index (χ2v) is 4.85. The topological polar surface area (TPSA) is 70.3 Å². The number of nitrogen functional groups attached to an aromatic ring is 1. The van der Waals surface area contributed by atoms with Crippen LogP contribution in [0.2, 0.25) is 0 Å². The average molecular weight is 409 g/mol. The summed E-state index contributed by atoms with van der Waals surface area (Å²) in [5.41, 5.74) is 6.09. The first-order valence-corrected chi connectivity index (χ1v) is 6.39. The molecule has 20 heavy (non-hydrogen) atoms. The summed E-state index contributed by atoms with van der Waals surface area (Å²) in [5, 5.41) is 0. The van der Waals surface area contributed by atoms with E-state index >= 15 is 0 Å². The Labute approximate surface area is 126 Å². The van der Waals surface area contributed by atoms with Gasteiger partial charge in [-0.05, 0) is 22.6 Å². The van der Waals surface area contributed by atoms with Crippen LogP contribution in [-0.2, 0) is 22.7 Å². The van der Waals surface area contributed by atoms with Crippen LogP contribution >= 0.6 is 22.6 Å². The second kappa shape index (κ2) is 7.31. The summed E-state index contributed by atoms with van der Waals surface area (Å²) in [6.07, 6.45) is -3.78. The number of ether oxygens (including phenoxy) is 2. The van der Waals surface area contributed by atoms with Gasteiger partial charge in [0.1, 0.15) is 19.0 Å². The van der Waals surface area contributed by atoms with Crippen LogP contribution in [0.5, 0.6) is 0 Å². The number of nitrogens with zero attached hydrogens (tertiary/aromatic N) is 2. The third kappa shape index (κ3) is 4.66. The highest BCUT2D eigenvalue weighted by molar-refractivity contribution is 14.1. The molecular formula is C10H12F4IN3O2. The van der Waals surface area contributed by atoms with Crippen LogP contribution < -0.4 is 5.73 Å². The largest absolute Gasteiger partial charge is 0.383 e. The van der Waals surface area contributed by atoms with Gasteiger partial charge in [0.15, 0.2) is 5.82 Å². The maximum atomic E-state index is 12.6. The molecule has 0 spiro atoms. The van der Waals surface area contributed by atoms with Crippen molar-refractivity contribution in [3.8, 4) is 0 Å². The molecule has 0 aliphatic rings. The van der Waals surface area contributed by atoms with Crippen molar-refractivity contribution in [1.82, 2.24) is 9.97 Å². The highest BCUT2D eigenvalue weighted by Gasteiger charge is 2.41. The zero-order valence-electron chi connectivity index (χ0n) is 10.4. The van der Waals surface area contributed by atoms with Gasteiger partial charge in [-0.3, -0.25) is 0 Å². The third-order valence-electron chi connectivity index (χ3n) is 2.12. The van der Waals surface area contributed by atoms with Crippen molar-refractivity contribution in [2.24, 2.45) is 0 Å². The molecule has 1 rings (SSSR count). The van der Waals surface area contributed by atoms with Gasteiger partial charge in [0.05, 0.1) is 15.9 Å². The van der Waals surface area contributed by atoms with Gasteiger partial charge in [-0.1, -0.05) is 0 Å². The molecule has 0 unspecified atom stereocenters. The van der Waals surface area contributed by atoms with Gasteiger partial charge >= 0.3 is 12.3 Å². The van der Waals surface area contributed by atoms with Crippen LogP contribution in [0.25, 0.3) is 0 Å². The Hall–Kier alpha value is -0.750. The number of methoxy groups -OCH3 is 1. The molecule has 0 saturated heterocycles. The Balaban J connectivity index is 2.69. The predicted molar refractivity (Wildman–Crippen MR) is 70.5 cm³/mol. The Morgan fingerprint density at radius 1 is 1.30 bits per heavy atom. The number of halogens is 5. The Morgan fingerprint density at radius 2 is 1.95 bits per heavy atom. The van der Waals surface area contributed by atoms with Gasteiger partial charge in [-0.2, -0.15) is 8.78 Å². The molecule has 0 aromatic carbocycles. The van der Waals surface area contributed by atoms with Crippen molar-refractivity contribution in [2.45, 2.75) is 25.6 Å². The van der Waals surface area contributed by atoms with E-state index in [1.165, 1.54) is 7.11 Å². The first kappa shape index (κ1) is 17.3. The van der Waals surface area contributed by atoms with Gasteiger partial charge in [-0.15, -0.1) is 0 Å². The zero-order valence-corrected chi connectivity index (χ0v) is 12.5. The second-order valence-electron chi connectivity index (χ2n) is 3.77. The van der Waals surface area contributed by atoms with E-state index in [0.717, 1.165) is 0 Å². The van der Waals surface area contributed by atoms with E-state index in [1.54, 1.807) is 0 Å². The summed E-state index contributed by atoms with van der Waals surface area (Å²) in [4.78, 5) is 7.83. The van der Waals surface area contributed by atoms with Crippen molar-refractivity contribution in [1.29, 1.82) is 0 Å². The van der Waals surface area contributed by atoms with Crippen LogP contribution in [0.15, 0.2) is 0 Å². The van der Waals surface area contributed by atoms with Crippen molar-refractivity contribution in [2.75, 3.05) is 19.5 Å². The van der Waals surface area contributed by atoms with Gasteiger partial charge in [0, 0.05) is 7.11 Å². The van der Waals surface area contributed by atoms with Gasteiger partial charge in [0.2, 0.25) is 0 Å². The SMILES string of the molecule is COCc1nc(COCC(F)(F)C(F)F)nc(N)c1I. The van der Waals surface area contributed by atoms with Crippen LogP contribution in [-0.4, -0.2) is 36.0 Å². The van der Waals surface area contributed by atoms with E-state index in [0.29, 0.717) is 9.26 Å². The minimum Gasteiger partial charge on any atom is -0.383 e. The smallest absolute Gasteiger partial charge is 0.330 e. The summed E-state index contributed by atoms with van der Waals surface area (Å²) in [5.74, 6) is -4.03. The number of aromatic nitrogens is 2. The standard InChI is InChI=1S/C10H12F4IN3O2/c1-19-2-5-7(15)8(16)18-6(17-5)3-20-4-10(13,14)9(11)12/h9H,2-4H2,1H3,(H2,16,17,18). The molecule has 5 nitrogen and oxygen atoms in total. The lowest BCUT2D eigenvalue weighted by molar-refractivity contribution is -0.168. The van der Waals surface area contributed by atoms with Crippen LogP contribution in [0.1, 0.15) is 11.5 Å². The van der Waals surface area contributed by atoms with Crippen LogP contribution in [0.4, 0.5) is 23.4 Å². The van der Waals surface area contributed by atoms with E-state index in [2.05, 4.69) is 14.7 Å². The van der Waals surface area contributed by atoms with Crippen molar-refractivity contribution < 1.29 is 27.0 Å². The minimum absolute atomic E-state index is 0.0278. The molecule has 0 fully saturated rings. The van der Waals surface area contributed by atoms with Crippen molar-refractivity contribution >= 4 is 28.4 Å². The monoisotopic (exact) mass is 409 g/mol. The van der Waals surface area contributed by atoms with E-state index in [-0.39, 0.29) is 18.2 Å². The van der Waals surface area contributed by atoms with Gasteiger partial charge < -0.3 is 15.2 Å². The summed E-state index contributed by atoms with van der Waals surface area (Å²) >= 11 is 1.91. The lowest BCUT2D eigenvalue weighted by Crippen LogP contribution is -2.32. The minimum atomic E-state index is -4.20. The first-order chi connectivity index (χ1) is 9.27. The van der Waals surface area contributed by atoms with Crippen molar-refractivity contribution in [3.05, 3.63) is 15.1 Å². The Morgan fingerprint density at radius 3 is 2.50 bits per heavy atom. The van der Waals surface area contributed by atoms with Crippen molar-refractivity contribution in [3.63, 3.8) is 0 Å². The highest BCUT2D eigenvalue weighted by Crippen LogP contribution is 2.23. The molecule has 0 atom stereocenters. The van der Waals surface area contributed by atoms with Gasteiger partial charge in [-0.25, -0.2) is 18.7 Å². The molecule has 0 aliphatic heterocycles. The number of nitrogens with two attached hydrogens (primary N) is 1. The highest BCUT2D eigenvalue weighted by atomic mass is 127. The fourth-order valence-corrected chi connectivity index (χ4v) is 1.60. The lowest BCUT2D eigenvalue weighted by atomic mass is 10.4. The Bertz CT molecular complexity index is 462. The molecule has 2 N–H and O–H groups in total. The zero-order chi connectivity index (χ0) is 15.3. The van der Waals surface area contributed by atoms with E-state index in [9.17, 15) is 17.6 Å². The number of hydrogen-bond acceptors (Lipinski definition) is 5. The lowest BCUT2D eigenvalue weighted by Gasteiger charge is -2.15. The van der Waals surface area contributed by atoms with E-state index in [1.807, 2.05) is 22.6 Å². The molecule has 0 aliphatic carbocycles. The summed E-state index contributed by atoms with van der Waals surface area (Å²) in [6, 6.07) is 0. The Kier molecular flexibility index (Phi) is 6.33. The molecule has 1 aromatic heterocycles. The quantitative estimate of drug-likeness (QED) is 0.553. The maximum Gasteiger partial charge on any atom is 0.330 e. The fourth-order valence-electron chi connectivity index (χ4n) is 1.20. The third-order valence-corrected chi connectivity index (χ3v) is 3.29. The first-order valence-electron chi connectivity index (χ1n) is 5.31. The molecule has 10 heteroatoms. The normalized spacial score (nSPS) is 12.2. The molecule has 0 amide bonds. The molecule has 114 valence electrons. The molecule has 0 bridgehead atoms. The number of rotatable bonds is 7. The summed E-state index contributed by atoms with van der Waals surface area (Å²) < 4.78 is 59.1. The number of hydrogen-bond donors (Lipinski definition) is 1. The molecule has 0 saturated carbocycles. The van der Waals surface area contributed by atoms with E-state index < -0.39 is 25.6 Å². The maximum absolute atomic E-state index is 12.6. The summed E-state index contributed by atoms with van der Waals surface area (Å²) in [7, 11) is 1.45. The van der Waals surface area contributed by atoms with Crippen LogP contribution in [0.3, 0.4) is 0 Å². The number of anilines is 1. The van der Waals surface area contributed by atoms with E-state index in [4.69, 9.17) is 10.5 Å². The molecule has 1 heterocycles. The van der Waals surface area contributed by atoms with Gasteiger partial charge in [0.25, 0.3) is 0 Å². The molecular weight excluding hydrogens is 397 g/mol. The average Bonchev–Trinajstić information content (AvgIpc) is 2.35. The van der Waals surface area contributed by atoms with Crippen LogP contribution in [0, 0.1) is 3.57 Å². The molecule has 1 aromatic rings. The molecule has 0 radical (unpaired) electrons.